The molecule has 2 atom stereocenters. The van der Waals surface area contributed by atoms with Crippen molar-refractivity contribution in [2.45, 2.75) is 63.6 Å². The van der Waals surface area contributed by atoms with Crippen molar-refractivity contribution in [3.63, 3.8) is 0 Å². The summed E-state index contributed by atoms with van der Waals surface area (Å²) < 4.78 is 69.6. The Balaban J connectivity index is 1.86. The van der Waals surface area contributed by atoms with Crippen LogP contribution in [0.25, 0.3) is 0 Å². The molecular formula is C21H23F5N2O4. The zero-order valence-corrected chi connectivity index (χ0v) is 17.6. The van der Waals surface area contributed by atoms with Gasteiger partial charge in [0.05, 0.1) is 23.4 Å². The number of aliphatic carboxylic acids is 1. The van der Waals surface area contributed by atoms with Crippen LogP contribution < -0.4 is 10.2 Å². The fraction of sp³-hybridized carbons (Fsp3) is 0.571. The van der Waals surface area contributed by atoms with Gasteiger partial charge in [0.15, 0.2) is 0 Å². The summed E-state index contributed by atoms with van der Waals surface area (Å²) in [6.07, 6.45) is -4.75. The summed E-state index contributed by atoms with van der Waals surface area (Å²) in [7, 11) is 0. The summed E-state index contributed by atoms with van der Waals surface area (Å²) in [5.74, 6) is -7.61. The van der Waals surface area contributed by atoms with Gasteiger partial charge >= 0.3 is 12.1 Å². The highest BCUT2D eigenvalue weighted by molar-refractivity contribution is 6.10. The van der Waals surface area contributed by atoms with E-state index in [1.165, 1.54) is 13.8 Å². The summed E-state index contributed by atoms with van der Waals surface area (Å²) in [5.41, 5.74) is -1.88. The van der Waals surface area contributed by atoms with Crippen molar-refractivity contribution in [3.05, 3.63) is 28.8 Å². The van der Waals surface area contributed by atoms with Gasteiger partial charge in [-0.25, -0.2) is 8.78 Å². The predicted octanol–water partition coefficient (Wildman–Crippen LogP) is 3.62. The van der Waals surface area contributed by atoms with Crippen molar-refractivity contribution >= 4 is 23.5 Å². The van der Waals surface area contributed by atoms with Gasteiger partial charge in [-0.3, -0.25) is 19.3 Å². The van der Waals surface area contributed by atoms with Gasteiger partial charge in [-0.1, -0.05) is 0 Å². The molecule has 0 radical (unpaired) electrons. The average molecular weight is 462 g/mol. The van der Waals surface area contributed by atoms with Crippen LogP contribution in [0.3, 0.4) is 0 Å². The van der Waals surface area contributed by atoms with E-state index in [0.717, 1.165) is 17.9 Å². The average Bonchev–Trinajstić information content (AvgIpc) is 3.45. The molecule has 2 amide bonds. The topological polar surface area (TPSA) is 86.7 Å². The molecule has 32 heavy (non-hydrogen) atoms. The summed E-state index contributed by atoms with van der Waals surface area (Å²) in [6.45, 7) is 2.93. The SMILES string of the molecule is C[C@H](NC(=O)CN1C(=O)C(C)(C)c2c(F)c(C3CC3)cc(F)c21)[C@@H](CC(=O)O)C(F)(F)F. The van der Waals surface area contributed by atoms with Crippen LogP contribution in [0, 0.1) is 17.6 Å². The van der Waals surface area contributed by atoms with Gasteiger partial charge in [0, 0.05) is 11.6 Å². The number of nitrogens with one attached hydrogen (secondary N) is 1. The lowest BCUT2D eigenvalue weighted by Gasteiger charge is -2.27. The van der Waals surface area contributed by atoms with E-state index in [1.54, 1.807) is 0 Å². The number of hydrogen-bond acceptors (Lipinski definition) is 3. The van der Waals surface area contributed by atoms with E-state index < -0.39 is 71.6 Å². The first kappa shape index (κ1) is 23.9. The van der Waals surface area contributed by atoms with E-state index >= 15 is 4.39 Å². The maximum absolute atomic E-state index is 15.2. The molecular weight excluding hydrogens is 439 g/mol. The van der Waals surface area contributed by atoms with Crippen LogP contribution in [-0.4, -0.2) is 41.7 Å². The van der Waals surface area contributed by atoms with Crippen LogP contribution in [0.1, 0.15) is 57.1 Å². The molecule has 0 unspecified atom stereocenters. The highest BCUT2D eigenvalue weighted by Gasteiger charge is 2.50. The van der Waals surface area contributed by atoms with Crippen molar-refractivity contribution in [1.82, 2.24) is 5.32 Å². The summed E-state index contributed by atoms with van der Waals surface area (Å²) in [6, 6.07) is -0.622. The lowest BCUT2D eigenvalue weighted by molar-refractivity contribution is -0.189. The van der Waals surface area contributed by atoms with E-state index in [1.807, 2.05) is 5.32 Å². The Hall–Kier alpha value is -2.72. The molecule has 0 bridgehead atoms. The molecule has 1 aliphatic carbocycles. The number of nitrogens with zero attached hydrogens (tertiary/aromatic N) is 1. The van der Waals surface area contributed by atoms with Crippen molar-refractivity contribution in [2.75, 3.05) is 11.4 Å². The normalized spacial score (nSPS) is 19.5. The largest absolute Gasteiger partial charge is 0.481 e. The lowest BCUT2D eigenvalue weighted by Crippen LogP contribution is -2.49. The Bertz CT molecular complexity index is 972. The van der Waals surface area contributed by atoms with Crippen molar-refractivity contribution in [3.8, 4) is 0 Å². The third-order valence-corrected chi connectivity index (χ3v) is 6.02. The number of carboxylic acid groups (broad SMARTS) is 1. The Kier molecular flexibility index (Phi) is 5.99. The Morgan fingerprint density at radius 1 is 1.28 bits per heavy atom. The standard InChI is InChI=1S/C21H23F5N2O4/c1-9(12(7-15(30)31)21(24,25)26)27-14(29)8-28-18-13(22)6-11(10-4-5-10)17(23)16(18)20(2,3)19(28)32/h6,9-10,12H,4-5,7-8H2,1-3H3,(H,27,29)(H,30,31)/t9-,12+/m0/s1. The highest BCUT2D eigenvalue weighted by Crippen LogP contribution is 2.50. The molecule has 1 aromatic carbocycles. The fourth-order valence-corrected chi connectivity index (χ4v) is 4.17. The Labute approximate surface area is 180 Å². The molecule has 3 rings (SSSR count). The molecule has 2 aliphatic rings. The number of amides is 2. The molecule has 176 valence electrons. The van der Waals surface area contributed by atoms with Gasteiger partial charge in [-0.15, -0.1) is 0 Å². The van der Waals surface area contributed by atoms with Crippen LogP contribution in [0.2, 0.25) is 0 Å². The molecule has 1 saturated carbocycles. The first-order chi connectivity index (χ1) is 14.7. The van der Waals surface area contributed by atoms with Crippen LogP contribution in [-0.2, 0) is 19.8 Å². The van der Waals surface area contributed by atoms with E-state index in [0.29, 0.717) is 12.8 Å². The number of carbonyl (C=O) groups is 3. The van der Waals surface area contributed by atoms with E-state index in [4.69, 9.17) is 5.11 Å². The van der Waals surface area contributed by atoms with Crippen LogP contribution in [0.4, 0.5) is 27.6 Å². The van der Waals surface area contributed by atoms with Crippen LogP contribution >= 0.6 is 0 Å². The van der Waals surface area contributed by atoms with E-state index in [-0.39, 0.29) is 17.0 Å². The molecule has 1 aliphatic heterocycles. The molecule has 1 aromatic rings. The highest BCUT2D eigenvalue weighted by atomic mass is 19.4. The minimum atomic E-state index is -4.89. The zero-order chi connectivity index (χ0) is 24.2. The third kappa shape index (κ3) is 4.29. The maximum atomic E-state index is 15.2. The molecule has 11 heteroatoms. The molecule has 0 aromatic heterocycles. The lowest BCUT2D eigenvalue weighted by atomic mass is 9.84. The summed E-state index contributed by atoms with van der Waals surface area (Å²) >= 11 is 0. The monoisotopic (exact) mass is 462 g/mol. The first-order valence-electron chi connectivity index (χ1n) is 10.1. The number of carboxylic acids is 1. The van der Waals surface area contributed by atoms with Crippen molar-refractivity contribution in [1.29, 1.82) is 0 Å². The summed E-state index contributed by atoms with van der Waals surface area (Å²) in [5, 5.41) is 10.8. The number of halogens is 5. The van der Waals surface area contributed by atoms with Crippen LogP contribution in [0.5, 0.6) is 0 Å². The Morgan fingerprint density at radius 3 is 2.38 bits per heavy atom. The number of anilines is 1. The molecule has 2 N–H and O–H groups in total. The minimum Gasteiger partial charge on any atom is -0.481 e. The molecule has 1 fully saturated rings. The number of alkyl halides is 3. The summed E-state index contributed by atoms with van der Waals surface area (Å²) in [4.78, 5) is 36.9. The quantitative estimate of drug-likeness (QED) is 0.606. The molecule has 6 nitrogen and oxygen atoms in total. The van der Waals surface area contributed by atoms with Crippen molar-refractivity contribution < 1.29 is 41.4 Å². The number of fused-ring (bicyclic) bond motifs is 1. The van der Waals surface area contributed by atoms with Gasteiger partial charge in [0.2, 0.25) is 11.8 Å². The predicted molar refractivity (Wildman–Crippen MR) is 103 cm³/mol. The van der Waals surface area contributed by atoms with Crippen molar-refractivity contribution in [2.24, 2.45) is 5.92 Å². The van der Waals surface area contributed by atoms with Crippen LogP contribution in [0.15, 0.2) is 6.07 Å². The minimum absolute atomic E-state index is 0.132. The number of rotatable bonds is 7. The second-order valence-corrected chi connectivity index (χ2v) is 8.88. The maximum Gasteiger partial charge on any atom is 0.394 e. The number of carbonyl (C=O) groups excluding carboxylic acids is 2. The van der Waals surface area contributed by atoms with E-state index in [2.05, 4.69) is 0 Å². The molecule has 1 heterocycles. The van der Waals surface area contributed by atoms with Gasteiger partial charge < -0.3 is 10.4 Å². The zero-order valence-electron chi connectivity index (χ0n) is 17.6. The second kappa shape index (κ2) is 8.00. The van der Waals surface area contributed by atoms with Gasteiger partial charge in [-0.2, -0.15) is 13.2 Å². The smallest absolute Gasteiger partial charge is 0.394 e. The second-order valence-electron chi connectivity index (χ2n) is 8.88. The third-order valence-electron chi connectivity index (χ3n) is 6.02. The Morgan fingerprint density at radius 2 is 1.88 bits per heavy atom. The fourth-order valence-electron chi connectivity index (χ4n) is 4.17. The number of hydrogen-bond donors (Lipinski definition) is 2. The van der Waals surface area contributed by atoms with Gasteiger partial charge in [0.25, 0.3) is 0 Å². The molecule has 0 spiro atoms. The van der Waals surface area contributed by atoms with E-state index in [9.17, 15) is 31.9 Å². The van der Waals surface area contributed by atoms with Gasteiger partial charge in [-0.05, 0) is 51.2 Å². The van der Waals surface area contributed by atoms with Gasteiger partial charge in [0.1, 0.15) is 18.2 Å². The number of benzene rings is 1. The molecule has 0 saturated heterocycles. The first-order valence-corrected chi connectivity index (χ1v) is 10.1.